The number of aliphatic hydroxyl groups is 1. The number of carbonyl (C=O) groups is 4. The molecular weight excluding hydrogens is 691 g/mol. The summed E-state index contributed by atoms with van der Waals surface area (Å²) in [6.07, 6.45) is 1.19. The maximum atomic E-state index is 13.0. The van der Waals surface area contributed by atoms with Crippen molar-refractivity contribution >= 4 is 30.1 Å². The third kappa shape index (κ3) is 22.7. The summed E-state index contributed by atoms with van der Waals surface area (Å²) in [4.78, 5) is 41.3. The second-order valence-electron chi connectivity index (χ2n) is 8.55. The van der Waals surface area contributed by atoms with Crippen molar-refractivity contribution in [2.75, 3.05) is 39.0 Å². The van der Waals surface area contributed by atoms with E-state index in [1.807, 2.05) is 59.0 Å². The van der Waals surface area contributed by atoms with Crippen molar-refractivity contribution in [1.82, 2.24) is 10.6 Å². The van der Waals surface area contributed by atoms with Gasteiger partial charge in [-0.05, 0) is 30.7 Å². The van der Waals surface area contributed by atoms with E-state index in [1.165, 1.54) is 0 Å². The Balaban J connectivity index is -0.000000269. The maximum Gasteiger partial charge on any atom is 0.311 e. The summed E-state index contributed by atoms with van der Waals surface area (Å²) in [6, 6.07) is 7.46. The van der Waals surface area contributed by atoms with E-state index < -0.39 is 35.0 Å². The minimum atomic E-state index is -1.76. The minimum absolute atomic E-state index is 0. The Morgan fingerprint density at radius 2 is 1.50 bits per heavy atom. The van der Waals surface area contributed by atoms with Gasteiger partial charge in [-0.2, -0.15) is 15.3 Å². The minimum Gasteiger partial charge on any atom is -0.677 e. The summed E-state index contributed by atoms with van der Waals surface area (Å²) >= 11 is 0. The van der Waals surface area contributed by atoms with Crippen LogP contribution in [0, 0.1) is 29.2 Å². The summed E-state index contributed by atoms with van der Waals surface area (Å²) in [5.74, 6) is -9.16. The zero-order valence-electron chi connectivity index (χ0n) is 27.1. The van der Waals surface area contributed by atoms with Crippen molar-refractivity contribution in [2.45, 2.75) is 53.2 Å². The fourth-order valence-corrected chi connectivity index (χ4v) is 2.83. The van der Waals surface area contributed by atoms with E-state index in [0.717, 1.165) is 11.3 Å². The van der Waals surface area contributed by atoms with Crippen molar-refractivity contribution < 1.29 is 79.3 Å². The van der Waals surface area contributed by atoms with E-state index in [9.17, 15) is 31.9 Å². The van der Waals surface area contributed by atoms with Gasteiger partial charge < -0.3 is 46.9 Å². The van der Waals surface area contributed by atoms with E-state index in [2.05, 4.69) is 26.4 Å². The summed E-state index contributed by atoms with van der Waals surface area (Å²) in [5, 5.41) is 17.1. The van der Waals surface area contributed by atoms with Crippen LogP contribution in [0.3, 0.4) is 0 Å². The molecule has 7 N–H and O–H groups in total. The first-order valence-electron chi connectivity index (χ1n) is 14.0. The third-order valence-electron chi connectivity index (χ3n) is 4.99. The average molecular weight is 738 g/mol. The number of halogens is 4. The van der Waals surface area contributed by atoms with Gasteiger partial charge in [0, 0.05) is 64.5 Å². The number of aldehydes is 2. The maximum absolute atomic E-state index is 13.0. The van der Waals surface area contributed by atoms with E-state index in [4.69, 9.17) is 15.6 Å². The van der Waals surface area contributed by atoms with E-state index in [0.29, 0.717) is 12.6 Å². The van der Waals surface area contributed by atoms with Gasteiger partial charge in [0.1, 0.15) is 12.6 Å². The van der Waals surface area contributed by atoms with E-state index in [-0.39, 0.29) is 95.7 Å². The average Bonchev–Trinajstić information content (AvgIpc) is 3.05. The molecule has 1 amide bonds. The third-order valence-corrected chi connectivity index (χ3v) is 4.99. The summed E-state index contributed by atoms with van der Waals surface area (Å²) in [6.45, 7) is 8.16. The molecule has 11 nitrogen and oxygen atoms in total. The molecule has 1 atom stereocenters. The Morgan fingerprint density at radius 1 is 1.00 bits per heavy atom. The number of rotatable bonds is 12. The van der Waals surface area contributed by atoms with Gasteiger partial charge in [0.2, 0.25) is 23.3 Å². The van der Waals surface area contributed by atoms with Crippen LogP contribution >= 0.6 is 0 Å². The number of likely N-dealkylation sites (N-methyl/N-ethyl adjacent to an activating group) is 1. The number of benzene rings is 2. The molecule has 0 aromatic heterocycles. The number of hydrogen-bond donors (Lipinski definition) is 5. The molecular formula is C30H46F4N5O6Y-. The number of nitrogens with one attached hydrogen (secondary N) is 4. The Hall–Kier alpha value is -2.82. The fourth-order valence-electron chi connectivity index (χ4n) is 2.83. The van der Waals surface area contributed by atoms with Crippen molar-refractivity contribution in [1.29, 1.82) is 0 Å². The molecule has 0 saturated heterocycles. The standard InChI is InChI=1S/C10H8F4NO2.C8H16N2O2.C8H11NO.C2H5NO.C2H6.Y/c11-5-4-6(12)9(14)10(8(5)13)17-7(16)2-1-3-15;1-6(2)7(9-3)8(12)10-4-5-11;1-9-8-4-2-7(6-10)3-5-8;3-1-2-4;1-2;/h4,15H,1-3H2;5-7,9H,4H2,1-3H3,(H,10,12);2-5,9-10H,6H2,1H3;2H,1,3H2;1-2H3;/q-1;;;;;. The summed E-state index contributed by atoms with van der Waals surface area (Å²) in [7, 11) is 3.60. The van der Waals surface area contributed by atoms with Crippen molar-refractivity contribution in [3.8, 4) is 5.75 Å². The Morgan fingerprint density at radius 3 is 1.85 bits per heavy atom. The number of nitrogens with two attached hydrogens (primary N) is 1. The van der Waals surface area contributed by atoms with E-state index >= 15 is 0 Å². The number of amides is 1. The molecule has 259 valence electrons. The summed E-state index contributed by atoms with van der Waals surface area (Å²) < 4.78 is 55.7. The molecule has 0 bridgehead atoms. The van der Waals surface area contributed by atoms with Gasteiger partial charge in [0.05, 0.1) is 19.2 Å². The molecule has 1 radical (unpaired) electrons. The molecule has 46 heavy (non-hydrogen) atoms. The van der Waals surface area contributed by atoms with Crippen molar-refractivity contribution in [3.63, 3.8) is 0 Å². The SMILES string of the molecule is CC.CNC(C(=O)NCC=O)C(C)C.CNc1ccc(CO)cc1.NCC=O.[NH-]CCCC(=O)Oc1c(F)c(F)cc(F)c1F.[Y]. The largest absolute Gasteiger partial charge is 0.677 e. The van der Waals surface area contributed by atoms with Crippen LogP contribution < -0.4 is 26.4 Å². The van der Waals surface area contributed by atoms with Gasteiger partial charge in [-0.15, -0.1) is 0 Å². The zero-order valence-corrected chi connectivity index (χ0v) is 29.9. The van der Waals surface area contributed by atoms with Crippen LogP contribution in [0.15, 0.2) is 30.3 Å². The van der Waals surface area contributed by atoms with Crippen LogP contribution in [0.25, 0.3) is 5.73 Å². The van der Waals surface area contributed by atoms with Crippen LogP contribution in [-0.4, -0.2) is 69.3 Å². The van der Waals surface area contributed by atoms with Gasteiger partial charge in [0.15, 0.2) is 11.6 Å². The van der Waals surface area contributed by atoms with Gasteiger partial charge in [-0.25, -0.2) is 8.78 Å². The Labute approximate surface area is 293 Å². The molecule has 0 saturated carbocycles. The van der Waals surface area contributed by atoms with Gasteiger partial charge >= 0.3 is 5.97 Å². The molecule has 0 aliphatic rings. The zero-order chi connectivity index (χ0) is 35.4. The second kappa shape index (κ2) is 32.1. The normalized spacial score (nSPS) is 9.87. The van der Waals surface area contributed by atoms with E-state index in [1.54, 1.807) is 7.05 Å². The predicted molar refractivity (Wildman–Crippen MR) is 165 cm³/mol. The molecule has 2 aromatic rings. The van der Waals surface area contributed by atoms with Crippen LogP contribution in [-0.2, 0) is 58.5 Å². The molecule has 0 heterocycles. The fraction of sp³-hybridized carbons (Fsp3) is 0.467. The van der Waals surface area contributed by atoms with Crippen LogP contribution in [0.1, 0.15) is 46.1 Å². The molecule has 1 unspecified atom stereocenters. The van der Waals surface area contributed by atoms with Crippen molar-refractivity contribution in [3.05, 3.63) is 64.9 Å². The molecule has 0 aliphatic carbocycles. The molecule has 16 heteroatoms. The first kappa shape index (κ1) is 50.0. The Kier molecular flexibility index (Phi) is 35.0. The van der Waals surface area contributed by atoms with Gasteiger partial charge in [0.25, 0.3) is 0 Å². The topological polar surface area (TPSA) is 184 Å². The number of anilines is 1. The van der Waals surface area contributed by atoms with Gasteiger partial charge in [-0.1, -0.05) is 46.2 Å². The summed E-state index contributed by atoms with van der Waals surface area (Å²) in [5.41, 5.74) is 13.4. The van der Waals surface area contributed by atoms with Crippen LogP contribution in [0.4, 0.5) is 23.2 Å². The molecule has 0 fully saturated rings. The predicted octanol–water partition coefficient (Wildman–Crippen LogP) is 3.91. The molecule has 2 aromatic carbocycles. The molecule has 2 rings (SSSR count). The van der Waals surface area contributed by atoms with Crippen molar-refractivity contribution in [2.24, 2.45) is 11.7 Å². The van der Waals surface area contributed by atoms with Gasteiger partial charge in [-0.3, -0.25) is 9.59 Å². The first-order chi connectivity index (χ1) is 21.4. The smallest absolute Gasteiger partial charge is 0.311 e. The number of esters is 1. The number of aliphatic hydroxyl groups excluding tert-OH is 1. The second-order valence-corrected chi connectivity index (χ2v) is 8.55. The monoisotopic (exact) mass is 737 g/mol. The van der Waals surface area contributed by atoms with Crippen LogP contribution in [0.5, 0.6) is 5.75 Å². The number of ether oxygens (including phenoxy) is 1. The van der Waals surface area contributed by atoms with Crippen LogP contribution in [0.2, 0.25) is 0 Å². The first-order valence-corrected chi connectivity index (χ1v) is 14.0. The number of carbonyl (C=O) groups excluding carboxylic acids is 4. The quantitative estimate of drug-likeness (QED) is 0.0709. The Bertz CT molecular complexity index is 1070. The number of hydrogen-bond acceptors (Lipinski definition) is 9. The molecule has 0 aliphatic heterocycles. The molecule has 0 spiro atoms.